The van der Waals surface area contributed by atoms with Gasteiger partial charge in [-0.2, -0.15) is 0 Å². The summed E-state index contributed by atoms with van der Waals surface area (Å²) in [5.41, 5.74) is 6.71. The number of unbranched alkanes of at least 4 members (excludes halogenated alkanes) is 9. The monoisotopic (exact) mass is 692 g/mol. The van der Waals surface area contributed by atoms with E-state index >= 15 is 0 Å². The lowest BCUT2D eigenvalue weighted by molar-refractivity contribution is 0.0975. The molecule has 0 aliphatic rings. The van der Waals surface area contributed by atoms with Gasteiger partial charge in [0.25, 0.3) is 0 Å². The molecular formula is C46H60O5. The van der Waals surface area contributed by atoms with Crippen molar-refractivity contribution >= 4 is 24.3 Å². The van der Waals surface area contributed by atoms with Crippen molar-refractivity contribution in [1.29, 1.82) is 0 Å². The molecule has 0 aliphatic heterocycles. The van der Waals surface area contributed by atoms with Gasteiger partial charge in [0.1, 0.15) is 29.6 Å². The highest BCUT2D eigenvalue weighted by atomic mass is 16.5. The number of aryl methyl sites for hydroxylation is 2. The second-order valence-corrected chi connectivity index (χ2v) is 13.3. The zero-order valence-corrected chi connectivity index (χ0v) is 31.6. The predicted octanol–water partition coefficient (Wildman–Crippen LogP) is 12.1. The Morgan fingerprint density at radius 3 is 1.43 bits per heavy atom. The molecule has 4 rings (SSSR count). The number of aromatic hydroxyl groups is 1. The highest BCUT2D eigenvalue weighted by molar-refractivity contribution is 5.71. The molecule has 0 heterocycles. The van der Waals surface area contributed by atoms with Gasteiger partial charge in [-0.15, -0.1) is 0 Å². The van der Waals surface area contributed by atoms with Gasteiger partial charge in [-0.25, -0.2) is 0 Å². The lowest BCUT2D eigenvalue weighted by Crippen LogP contribution is -2.17. The second-order valence-electron chi connectivity index (χ2n) is 13.3. The van der Waals surface area contributed by atoms with Crippen molar-refractivity contribution in [3.8, 4) is 23.0 Å². The van der Waals surface area contributed by atoms with Gasteiger partial charge in [-0.3, -0.25) is 0 Å². The molecule has 0 fully saturated rings. The van der Waals surface area contributed by atoms with E-state index in [4.69, 9.17) is 14.2 Å². The summed E-state index contributed by atoms with van der Waals surface area (Å²) in [7, 11) is 3.36. The molecule has 0 aliphatic carbocycles. The van der Waals surface area contributed by atoms with Crippen LogP contribution in [0.2, 0.25) is 0 Å². The topological polar surface area (TPSA) is 68.2 Å². The van der Waals surface area contributed by atoms with Crippen LogP contribution in [-0.4, -0.2) is 37.1 Å². The Morgan fingerprint density at radius 1 is 0.529 bits per heavy atom. The first-order valence-electron chi connectivity index (χ1n) is 18.7. The first-order chi connectivity index (χ1) is 24.8. The third-order valence-electron chi connectivity index (χ3n) is 8.66. The Kier molecular flexibility index (Phi) is 19.1. The minimum atomic E-state index is -0.394. The van der Waals surface area contributed by atoms with E-state index in [1.165, 1.54) is 68.9 Å². The number of phenols is 1. The van der Waals surface area contributed by atoms with Gasteiger partial charge in [-0.05, 0) is 102 Å². The van der Waals surface area contributed by atoms with Crippen LogP contribution >= 0.6 is 0 Å². The zero-order chi connectivity index (χ0) is 36.7. The molecule has 0 amide bonds. The average Bonchev–Trinajstić information content (AvgIpc) is 3.14. The summed E-state index contributed by atoms with van der Waals surface area (Å²) in [6.07, 6.45) is 21.8. The van der Waals surface area contributed by atoms with Gasteiger partial charge in [-0.1, -0.05) is 132 Å². The molecule has 0 saturated carbocycles. The van der Waals surface area contributed by atoms with Crippen LogP contribution in [0, 0.1) is 13.8 Å². The lowest BCUT2D eigenvalue weighted by atomic mass is 10.0. The van der Waals surface area contributed by atoms with Crippen LogP contribution in [0.25, 0.3) is 24.3 Å². The predicted molar refractivity (Wildman–Crippen MR) is 216 cm³/mol. The Morgan fingerprint density at radius 2 is 0.961 bits per heavy atom. The first kappa shape index (κ1) is 40.9. The molecule has 5 nitrogen and oxygen atoms in total. The quantitative estimate of drug-likeness (QED) is 0.0713. The van der Waals surface area contributed by atoms with Gasteiger partial charge in [0.15, 0.2) is 0 Å². The molecule has 4 aromatic rings. The van der Waals surface area contributed by atoms with Crippen molar-refractivity contribution in [3.63, 3.8) is 0 Å². The normalized spacial score (nSPS) is 11.7. The summed E-state index contributed by atoms with van der Waals surface area (Å²) < 4.78 is 16.4. The number of methoxy groups -OCH3 is 2. The summed E-state index contributed by atoms with van der Waals surface area (Å²) >= 11 is 0. The molecule has 0 aromatic heterocycles. The molecule has 0 spiro atoms. The van der Waals surface area contributed by atoms with Crippen LogP contribution in [0.5, 0.6) is 23.0 Å². The maximum Gasteiger partial charge on any atom is 0.119 e. The van der Waals surface area contributed by atoms with E-state index in [1.807, 2.05) is 79.7 Å². The third-order valence-corrected chi connectivity index (χ3v) is 8.66. The Balaban J connectivity index is 0.000000327. The van der Waals surface area contributed by atoms with Crippen molar-refractivity contribution in [2.24, 2.45) is 0 Å². The largest absolute Gasteiger partial charge is 0.508 e. The first-order valence-corrected chi connectivity index (χ1v) is 18.7. The minimum Gasteiger partial charge on any atom is -0.508 e. The molecule has 4 aromatic carbocycles. The summed E-state index contributed by atoms with van der Waals surface area (Å²) in [4.78, 5) is 0. The Hall–Kier alpha value is -4.48. The van der Waals surface area contributed by atoms with Gasteiger partial charge in [0, 0.05) is 0 Å². The molecule has 51 heavy (non-hydrogen) atoms. The number of benzene rings is 4. The molecule has 0 radical (unpaired) electrons. The number of ether oxygens (including phenoxy) is 3. The van der Waals surface area contributed by atoms with Crippen LogP contribution in [0.15, 0.2) is 84.9 Å². The van der Waals surface area contributed by atoms with Crippen LogP contribution in [0.3, 0.4) is 0 Å². The number of hydrogen-bond donors (Lipinski definition) is 2. The van der Waals surface area contributed by atoms with Crippen molar-refractivity contribution in [2.75, 3.05) is 20.8 Å². The number of rotatable bonds is 20. The van der Waals surface area contributed by atoms with Crippen LogP contribution in [0.4, 0.5) is 0 Å². The summed E-state index contributed by atoms with van der Waals surface area (Å²) in [5.74, 6) is 2.81. The van der Waals surface area contributed by atoms with E-state index in [0.717, 1.165) is 52.3 Å². The maximum atomic E-state index is 10.2. The van der Waals surface area contributed by atoms with Crippen molar-refractivity contribution in [2.45, 2.75) is 97.5 Å². The van der Waals surface area contributed by atoms with E-state index < -0.39 is 6.10 Å². The summed E-state index contributed by atoms with van der Waals surface area (Å²) in [6, 6.07) is 27.4. The van der Waals surface area contributed by atoms with E-state index in [0.29, 0.717) is 6.61 Å². The van der Waals surface area contributed by atoms with Crippen LogP contribution in [0.1, 0.15) is 111 Å². The molecule has 1 unspecified atom stereocenters. The van der Waals surface area contributed by atoms with Gasteiger partial charge in [0.05, 0.1) is 20.3 Å². The third kappa shape index (κ3) is 17.3. The van der Waals surface area contributed by atoms with Gasteiger partial charge >= 0.3 is 0 Å². The van der Waals surface area contributed by atoms with Crippen molar-refractivity contribution < 1.29 is 24.4 Å². The fraction of sp³-hybridized carbons (Fsp3) is 0.391. The van der Waals surface area contributed by atoms with Gasteiger partial charge < -0.3 is 24.4 Å². The van der Waals surface area contributed by atoms with E-state index in [1.54, 1.807) is 26.4 Å². The Bertz CT molecular complexity index is 1590. The summed E-state index contributed by atoms with van der Waals surface area (Å²) in [5, 5.41) is 19.4. The van der Waals surface area contributed by atoms with Crippen molar-refractivity contribution in [3.05, 3.63) is 118 Å². The molecular weight excluding hydrogens is 633 g/mol. The van der Waals surface area contributed by atoms with Gasteiger partial charge in [0.2, 0.25) is 0 Å². The fourth-order valence-electron chi connectivity index (χ4n) is 5.77. The smallest absolute Gasteiger partial charge is 0.119 e. The number of hydrogen-bond acceptors (Lipinski definition) is 5. The molecule has 0 bridgehead atoms. The lowest BCUT2D eigenvalue weighted by Gasteiger charge is -2.12. The zero-order valence-electron chi connectivity index (χ0n) is 31.6. The molecule has 274 valence electrons. The highest BCUT2D eigenvalue weighted by Gasteiger charge is 2.06. The maximum absolute atomic E-state index is 10.2. The van der Waals surface area contributed by atoms with E-state index in [2.05, 4.69) is 38.1 Å². The summed E-state index contributed by atoms with van der Waals surface area (Å²) in [6.45, 7) is 6.73. The van der Waals surface area contributed by atoms with Crippen LogP contribution < -0.4 is 14.2 Å². The Labute approximate surface area is 307 Å². The van der Waals surface area contributed by atoms with E-state index in [9.17, 15) is 10.2 Å². The second kappa shape index (κ2) is 23.8. The minimum absolute atomic E-state index is 0.282. The molecule has 5 heteroatoms. The van der Waals surface area contributed by atoms with Crippen molar-refractivity contribution in [1.82, 2.24) is 0 Å². The fourth-order valence-corrected chi connectivity index (χ4v) is 5.77. The molecule has 0 saturated heterocycles. The SMILES string of the molecule is CCCCCCCCCCCCC(O)COc1ccc(/C=C/c2cc(C)cc(OC)c2)cc1.COc1cc(C)cc(/C=C/c2ccc(O)cc2)c1. The average molecular weight is 693 g/mol. The molecule has 1 atom stereocenters. The van der Waals surface area contributed by atoms with Crippen LogP contribution in [-0.2, 0) is 0 Å². The standard InChI is InChI=1S/C30H44O3.C16H16O2/c1-4-5-6-7-8-9-10-11-12-13-14-28(31)24-33-29-19-17-26(18-20-29)15-16-27-21-25(2)22-30(23-27)32-3;1-12-9-14(11-16(10-12)18-2)4-3-13-5-7-15(17)8-6-13/h15-23,28,31H,4-14,24H2,1-3H3;3-11,17H,1-2H3/b16-15+;4-3+. The molecule has 2 N–H and O–H groups in total. The number of aliphatic hydroxyl groups excluding tert-OH is 1. The highest BCUT2D eigenvalue weighted by Crippen LogP contribution is 2.21. The number of phenolic OH excluding ortho intramolecular Hbond substituents is 1. The number of aliphatic hydroxyl groups is 1. The van der Waals surface area contributed by atoms with E-state index in [-0.39, 0.29) is 5.75 Å².